The topological polar surface area (TPSA) is 99.0 Å². The average Bonchev–Trinajstić information content (AvgIpc) is 3.12. The fraction of sp³-hybridized carbons (Fsp3) is 0.292. The Morgan fingerprint density at radius 1 is 1.15 bits per heavy atom. The van der Waals surface area contributed by atoms with Crippen LogP contribution in [0, 0.1) is 10.1 Å². The molecule has 2 fully saturated rings. The second-order valence-corrected chi connectivity index (χ2v) is 9.62. The van der Waals surface area contributed by atoms with Crippen LogP contribution in [-0.2, 0) is 4.79 Å². The molecule has 0 spiro atoms. The van der Waals surface area contributed by atoms with Crippen LogP contribution in [0.15, 0.2) is 47.4 Å². The van der Waals surface area contributed by atoms with Crippen molar-refractivity contribution in [1.82, 2.24) is 4.90 Å². The van der Waals surface area contributed by atoms with E-state index >= 15 is 0 Å². The van der Waals surface area contributed by atoms with E-state index in [1.807, 2.05) is 0 Å². The van der Waals surface area contributed by atoms with Crippen LogP contribution < -0.4 is 9.47 Å². The van der Waals surface area contributed by atoms with Gasteiger partial charge in [0.15, 0.2) is 11.5 Å². The maximum Gasteiger partial charge on any atom is 0.343 e. The van der Waals surface area contributed by atoms with Gasteiger partial charge in [0.2, 0.25) is 0 Å². The molecule has 2 aromatic carbocycles. The number of esters is 1. The summed E-state index contributed by atoms with van der Waals surface area (Å²) in [6, 6.07) is 10.3. The molecule has 34 heavy (non-hydrogen) atoms. The first-order chi connectivity index (χ1) is 16.4. The number of hydrogen-bond donors (Lipinski definition) is 0. The fourth-order valence-corrected chi connectivity index (χ4v) is 5.42. The predicted molar refractivity (Wildman–Crippen MR) is 133 cm³/mol. The molecule has 10 heteroatoms. The number of nitro groups is 1. The highest BCUT2D eigenvalue weighted by molar-refractivity contribution is 8.26. The van der Waals surface area contributed by atoms with Crippen molar-refractivity contribution >= 4 is 51.9 Å². The van der Waals surface area contributed by atoms with E-state index in [9.17, 15) is 19.7 Å². The summed E-state index contributed by atoms with van der Waals surface area (Å²) in [5.74, 6) is -0.242. The first-order valence-corrected chi connectivity index (χ1v) is 12.0. The van der Waals surface area contributed by atoms with E-state index in [2.05, 4.69) is 0 Å². The molecule has 0 unspecified atom stereocenters. The Morgan fingerprint density at radius 3 is 2.50 bits per heavy atom. The van der Waals surface area contributed by atoms with E-state index < -0.39 is 10.9 Å². The molecule has 4 rings (SSSR count). The first kappa shape index (κ1) is 23.9. The van der Waals surface area contributed by atoms with Gasteiger partial charge in [-0.05, 0) is 48.7 Å². The summed E-state index contributed by atoms with van der Waals surface area (Å²) in [6.45, 7) is 0. The SMILES string of the molecule is COc1cc(/C=C2/SC(=S)N(C3CCCCC3)C2=O)ccc1OC(=O)c1ccc([N+](=O)[O-])cc1. The molecule has 0 radical (unpaired) electrons. The summed E-state index contributed by atoms with van der Waals surface area (Å²) in [4.78, 5) is 38.0. The van der Waals surface area contributed by atoms with Gasteiger partial charge < -0.3 is 9.47 Å². The zero-order chi connectivity index (χ0) is 24.2. The lowest BCUT2D eigenvalue weighted by Crippen LogP contribution is -2.39. The minimum atomic E-state index is -0.672. The number of thioether (sulfide) groups is 1. The van der Waals surface area contributed by atoms with Crippen molar-refractivity contribution in [2.45, 2.75) is 38.1 Å². The van der Waals surface area contributed by atoms with Crippen LogP contribution in [0.25, 0.3) is 6.08 Å². The Balaban J connectivity index is 1.50. The number of benzene rings is 2. The van der Waals surface area contributed by atoms with Gasteiger partial charge in [-0.3, -0.25) is 19.8 Å². The molecule has 0 aromatic heterocycles. The Hall–Kier alpha value is -3.24. The molecule has 0 atom stereocenters. The summed E-state index contributed by atoms with van der Waals surface area (Å²) >= 11 is 6.78. The van der Waals surface area contributed by atoms with Crippen molar-refractivity contribution in [1.29, 1.82) is 0 Å². The number of methoxy groups -OCH3 is 1. The van der Waals surface area contributed by atoms with Gasteiger partial charge in [-0.25, -0.2) is 4.79 Å². The standard InChI is InChI=1S/C24H22N2O6S2/c1-31-20-13-15(14-21-22(27)25(24(33)34-21)17-5-3-2-4-6-17)7-12-19(20)32-23(28)16-8-10-18(11-9-16)26(29)30/h7-14,17H,2-6H2,1H3/b21-14+. The molecule has 1 heterocycles. The maximum atomic E-state index is 13.0. The number of non-ortho nitro benzene ring substituents is 1. The van der Waals surface area contributed by atoms with E-state index in [0.717, 1.165) is 25.7 Å². The van der Waals surface area contributed by atoms with Crippen molar-refractivity contribution in [2.24, 2.45) is 0 Å². The largest absolute Gasteiger partial charge is 0.493 e. The number of hydrogen-bond acceptors (Lipinski definition) is 8. The monoisotopic (exact) mass is 498 g/mol. The lowest BCUT2D eigenvalue weighted by molar-refractivity contribution is -0.384. The van der Waals surface area contributed by atoms with Gasteiger partial charge in [0.05, 0.1) is 22.5 Å². The van der Waals surface area contributed by atoms with Gasteiger partial charge in [-0.1, -0.05) is 49.3 Å². The normalized spacial score (nSPS) is 17.8. The van der Waals surface area contributed by atoms with Crippen LogP contribution in [0.1, 0.15) is 48.0 Å². The molecule has 2 aromatic rings. The summed E-state index contributed by atoms with van der Waals surface area (Å²) in [7, 11) is 1.45. The van der Waals surface area contributed by atoms with Crippen LogP contribution in [0.4, 0.5) is 5.69 Å². The number of amides is 1. The fourth-order valence-electron chi connectivity index (χ4n) is 4.02. The molecule has 1 amide bonds. The average molecular weight is 499 g/mol. The van der Waals surface area contributed by atoms with Crippen LogP contribution in [-0.4, -0.2) is 39.2 Å². The lowest BCUT2D eigenvalue weighted by Gasteiger charge is -2.29. The Bertz CT molecular complexity index is 1170. The Morgan fingerprint density at radius 2 is 1.85 bits per heavy atom. The van der Waals surface area contributed by atoms with Crippen LogP contribution in [0.2, 0.25) is 0 Å². The van der Waals surface area contributed by atoms with Crippen LogP contribution >= 0.6 is 24.0 Å². The van der Waals surface area contributed by atoms with E-state index in [4.69, 9.17) is 21.7 Å². The molecule has 1 aliphatic heterocycles. The van der Waals surface area contributed by atoms with Crippen LogP contribution in [0.3, 0.4) is 0 Å². The minimum Gasteiger partial charge on any atom is -0.493 e. The number of thiocarbonyl (C=S) groups is 1. The highest BCUT2D eigenvalue weighted by Gasteiger charge is 2.37. The van der Waals surface area contributed by atoms with Crippen LogP contribution in [0.5, 0.6) is 11.5 Å². The number of nitrogens with zero attached hydrogens (tertiary/aromatic N) is 2. The molecule has 0 N–H and O–H groups in total. The van der Waals surface area contributed by atoms with Crippen molar-refractivity contribution in [3.8, 4) is 11.5 Å². The summed E-state index contributed by atoms with van der Waals surface area (Å²) < 4.78 is 11.4. The smallest absolute Gasteiger partial charge is 0.343 e. The zero-order valence-electron chi connectivity index (χ0n) is 18.4. The Labute approximate surface area is 206 Å². The molecular weight excluding hydrogens is 476 g/mol. The second-order valence-electron chi connectivity index (χ2n) is 7.95. The number of carbonyl (C=O) groups excluding carboxylic acids is 2. The van der Waals surface area contributed by atoms with E-state index in [1.54, 1.807) is 29.2 Å². The first-order valence-electron chi connectivity index (χ1n) is 10.8. The molecule has 1 saturated carbocycles. The van der Waals surface area contributed by atoms with E-state index in [-0.39, 0.29) is 28.9 Å². The number of carbonyl (C=O) groups is 2. The highest BCUT2D eigenvalue weighted by Crippen LogP contribution is 2.38. The van der Waals surface area contributed by atoms with Gasteiger partial charge in [-0.2, -0.15) is 0 Å². The Kier molecular flexibility index (Phi) is 7.28. The maximum absolute atomic E-state index is 13.0. The quantitative estimate of drug-likeness (QED) is 0.131. The van der Waals surface area contributed by atoms with Gasteiger partial charge in [0.1, 0.15) is 4.32 Å². The van der Waals surface area contributed by atoms with Gasteiger partial charge in [0, 0.05) is 18.2 Å². The molecular formula is C24H22N2O6S2. The van der Waals surface area contributed by atoms with E-state index in [0.29, 0.717) is 20.5 Å². The summed E-state index contributed by atoms with van der Waals surface area (Å²) in [5.41, 5.74) is 0.756. The summed E-state index contributed by atoms with van der Waals surface area (Å²) in [5, 5.41) is 10.8. The molecule has 1 saturated heterocycles. The molecule has 0 bridgehead atoms. The van der Waals surface area contributed by atoms with Crippen molar-refractivity contribution in [2.75, 3.05) is 7.11 Å². The molecule has 176 valence electrons. The minimum absolute atomic E-state index is 0.0745. The van der Waals surface area contributed by atoms with Crippen molar-refractivity contribution in [3.05, 3.63) is 68.6 Å². The molecule has 2 aliphatic rings. The molecule has 1 aliphatic carbocycles. The second kappa shape index (κ2) is 10.4. The third-order valence-corrected chi connectivity index (χ3v) is 7.10. The molecule has 8 nitrogen and oxygen atoms in total. The van der Waals surface area contributed by atoms with Gasteiger partial charge in [0.25, 0.3) is 11.6 Å². The van der Waals surface area contributed by atoms with Crippen molar-refractivity contribution in [3.63, 3.8) is 0 Å². The number of rotatable bonds is 6. The third kappa shape index (κ3) is 5.13. The number of nitro benzene ring substituents is 1. The predicted octanol–water partition coefficient (Wildman–Crippen LogP) is 5.36. The lowest BCUT2D eigenvalue weighted by atomic mass is 9.94. The van der Waals surface area contributed by atoms with Gasteiger partial charge >= 0.3 is 5.97 Å². The zero-order valence-corrected chi connectivity index (χ0v) is 20.0. The number of ether oxygens (including phenoxy) is 2. The van der Waals surface area contributed by atoms with Gasteiger partial charge in [-0.15, -0.1) is 0 Å². The third-order valence-electron chi connectivity index (χ3n) is 5.77. The summed E-state index contributed by atoms with van der Waals surface area (Å²) in [6.07, 6.45) is 7.12. The van der Waals surface area contributed by atoms with Crippen molar-refractivity contribution < 1.29 is 24.0 Å². The highest BCUT2D eigenvalue weighted by atomic mass is 32.2. The van der Waals surface area contributed by atoms with E-state index in [1.165, 1.54) is 49.6 Å².